The number of carbonyl (C=O) groups excluding carboxylic acids is 1. The highest BCUT2D eigenvalue weighted by atomic mass is 127. The SMILES string of the molecule is CI.O=C(OF)N1CCC(C(c2ccccc2)c2ccccc2)CC1. The Morgan fingerprint density at radius 3 is 1.84 bits per heavy atom. The van der Waals surface area contributed by atoms with Gasteiger partial charge >= 0.3 is 6.09 Å². The van der Waals surface area contributed by atoms with E-state index in [9.17, 15) is 9.32 Å². The van der Waals surface area contributed by atoms with Crippen LogP contribution in [0.3, 0.4) is 0 Å². The first-order chi connectivity index (χ1) is 12.3. The van der Waals surface area contributed by atoms with Crippen LogP contribution >= 0.6 is 22.6 Å². The van der Waals surface area contributed by atoms with Gasteiger partial charge in [0.05, 0.1) is 0 Å². The number of rotatable bonds is 3. The van der Waals surface area contributed by atoms with Gasteiger partial charge in [-0.05, 0) is 34.8 Å². The van der Waals surface area contributed by atoms with Gasteiger partial charge in [0.15, 0.2) is 0 Å². The molecule has 0 spiro atoms. The topological polar surface area (TPSA) is 29.5 Å². The van der Waals surface area contributed by atoms with Crippen molar-refractivity contribution in [3.8, 4) is 0 Å². The van der Waals surface area contributed by atoms with Crippen LogP contribution in [0.1, 0.15) is 29.9 Å². The van der Waals surface area contributed by atoms with E-state index in [0.717, 1.165) is 12.8 Å². The molecule has 134 valence electrons. The number of hydrogen-bond acceptors (Lipinski definition) is 2. The minimum atomic E-state index is -0.876. The van der Waals surface area contributed by atoms with Gasteiger partial charge in [-0.3, -0.25) is 0 Å². The quantitative estimate of drug-likeness (QED) is 0.445. The molecule has 0 N–H and O–H groups in total. The van der Waals surface area contributed by atoms with Crippen molar-refractivity contribution in [1.82, 2.24) is 4.90 Å². The Balaban J connectivity index is 0.00000109. The van der Waals surface area contributed by atoms with Gasteiger partial charge in [0, 0.05) is 23.5 Å². The number of halogens is 2. The first kappa shape index (κ1) is 19.7. The monoisotopic (exact) mass is 455 g/mol. The molecule has 2 aromatic rings. The Hall–Kier alpha value is -1.63. The smallest absolute Gasteiger partial charge is 0.306 e. The molecule has 1 saturated heterocycles. The van der Waals surface area contributed by atoms with Gasteiger partial charge in [0.1, 0.15) is 0 Å². The van der Waals surface area contributed by atoms with Crippen LogP contribution in [0.2, 0.25) is 0 Å². The second kappa shape index (κ2) is 10.4. The zero-order chi connectivity index (χ0) is 18.1. The Morgan fingerprint density at radius 1 is 1.00 bits per heavy atom. The van der Waals surface area contributed by atoms with Crippen molar-refractivity contribution in [3.05, 3.63) is 71.8 Å². The van der Waals surface area contributed by atoms with Crippen molar-refractivity contribution < 1.29 is 14.3 Å². The van der Waals surface area contributed by atoms with Crippen LogP contribution < -0.4 is 0 Å². The number of nitrogens with zero attached hydrogens (tertiary/aromatic N) is 1. The molecular weight excluding hydrogens is 432 g/mol. The number of carbonyl (C=O) groups is 1. The molecule has 1 aliphatic heterocycles. The van der Waals surface area contributed by atoms with E-state index in [0.29, 0.717) is 24.9 Å². The average molecular weight is 455 g/mol. The molecule has 5 heteroatoms. The zero-order valence-corrected chi connectivity index (χ0v) is 16.4. The minimum absolute atomic E-state index is 0.293. The molecule has 0 atom stereocenters. The molecule has 0 unspecified atom stereocenters. The fourth-order valence-corrected chi connectivity index (χ4v) is 3.52. The first-order valence-electron chi connectivity index (χ1n) is 8.35. The second-order valence-corrected chi connectivity index (χ2v) is 5.97. The van der Waals surface area contributed by atoms with E-state index in [1.165, 1.54) is 16.0 Å². The van der Waals surface area contributed by atoms with E-state index in [-0.39, 0.29) is 0 Å². The molecule has 1 fully saturated rings. The highest BCUT2D eigenvalue weighted by molar-refractivity contribution is 14.1. The number of piperidine rings is 1. The van der Waals surface area contributed by atoms with Crippen LogP contribution in [0.5, 0.6) is 0 Å². The summed E-state index contributed by atoms with van der Waals surface area (Å²) in [5, 5.41) is 0. The van der Waals surface area contributed by atoms with Crippen molar-refractivity contribution in [2.75, 3.05) is 18.0 Å². The lowest BCUT2D eigenvalue weighted by Crippen LogP contribution is -2.39. The standard InChI is InChI=1S/C19H20FNO2.CH3I/c20-23-19(22)21-13-11-17(12-14-21)18(15-7-3-1-4-8-15)16-9-5-2-6-10-16;1-2/h1-10,17-18H,11-14H2;1H3. The summed E-state index contributed by atoms with van der Waals surface area (Å²) in [6, 6.07) is 20.9. The molecule has 2 aromatic carbocycles. The van der Waals surface area contributed by atoms with Gasteiger partial charge in [-0.1, -0.05) is 83.3 Å². The summed E-state index contributed by atoms with van der Waals surface area (Å²) < 4.78 is 12.1. The Labute approximate surface area is 162 Å². The van der Waals surface area contributed by atoms with Gasteiger partial charge in [-0.2, -0.15) is 0 Å². The molecular formula is C20H23FINO2. The summed E-state index contributed by atoms with van der Waals surface area (Å²) in [5.74, 6) is 0.712. The number of hydrogen-bond donors (Lipinski definition) is 0. The third kappa shape index (κ3) is 5.17. The highest BCUT2D eigenvalue weighted by Crippen LogP contribution is 2.37. The molecule has 0 aliphatic carbocycles. The Bertz CT molecular complexity index is 591. The number of benzene rings is 2. The predicted octanol–water partition coefficient (Wildman–Crippen LogP) is 5.60. The van der Waals surface area contributed by atoms with Crippen molar-refractivity contribution in [2.24, 2.45) is 5.92 Å². The molecule has 0 saturated carbocycles. The number of likely N-dealkylation sites (tertiary alicyclic amines) is 1. The molecule has 0 radical (unpaired) electrons. The van der Waals surface area contributed by atoms with Crippen LogP contribution in [0.4, 0.5) is 9.32 Å². The number of amides is 1. The third-order valence-corrected chi connectivity index (χ3v) is 4.65. The van der Waals surface area contributed by atoms with Crippen molar-refractivity contribution in [3.63, 3.8) is 0 Å². The summed E-state index contributed by atoms with van der Waals surface area (Å²) in [4.78, 5) is 18.1. The van der Waals surface area contributed by atoms with Crippen LogP contribution in [0, 0.1) is 5.92 Å². The van der Waals surface area contributed by atoms with E-state index in [2.05, 4.69) is 76.1 Å². The fraction of sp³-hybridized carbons (Fsp3) is 0.350. The van der Waals surface area contributed by atoms with Crippen molar-refractivity contribution >= 4 is 28.7 Å². The molecule has 0 aromatic heterocycles. The maximum absolute atomic E-state index is 12.1. The van der Waals surface area contributed by atoms with Gasteiger partial charge < -0.3 is 4.90 Å². The van der Waals surface area contributed by atoms with E-state index in [1.807, 2.05) is 17.1 Å². The molecule has 1 amide bonds. The summed E-state index contributed by atoms with van der Waals surface area (Å²) in [5.41, 5.74) is 2.57. The summed E-state index contributed by atoms with van der Waals surface area (Å²) in [6.45, 7) is 1.06. The van der Waals surface area contributed by atoms with Gasteiger partial charge in [0.2, 0.25) is 0 Å². The lowest BCUT2D eigenvalue weighted by atomic mass is 9.76. The van der Waals surface area contributed by atoms with Crippen LogP contribution in [-0.2, 0) is 4.94 Å². The Kier molecular flexibility index (Phi) is 8.18. The highest BCUT2D eigenvalue weighted by Gasteiger charge is 2.31. The molecule has 0 bridgehead atoms. The molecule has 1 aliphatic rings. The van der Waals surface area contributed by atoms with E-state index >= 15 is 0 Å². The van der Waals surface area contributed by atoms with Crippen molar-refractivity contribution in [2.45, 2.75) is 18.8 Å². The largest absolute Gasteiger partial charge is 0.447 e. The van der Waals surface area contributed by atoms with E-state index in [1.54, 1.807) is 0 Å². The van der Waals surface area contributed by atoms with Gasteiger partial charge in [0.25, 0.3) is 0 Å². The normalized spacial score (nSPS) is 14.6. The summed E-state index contributed by atoms with van der Waals surface area (Å²) in [6.07, 6.45) is 0.798. The Morgan fingerprint density at radius 2 is 1.44 bits per heavy atom. The lowest BCUT2D eigenvalue weighted by Gasteiger charge is -2.35. The third-order valence-electron chi connectivity index (χ3n) is 4.65. The van der Waals surface area contributed by atoms with E-state index in [4.69, 9.17) is 0 Å². The van der Waals surface area contributed by atoms with Gasteiger partial charge in [-0.15, -0.1) is 0 Å². The first-order valence-corrected chi connectivity index (χ1v) is 10.5. The predicted molar refractivity (Wildman–Crippen MR) is 107 cm³/mol. The fourth-order valence-electron chi connectivity index (χ4n) is 3.52. The van der Waals surface area contributed by atoms with E-state index < -0.39 is 6.09 Å². The summed E-state index contributed by atoms with van der Waals surface area (Å²) in [7, 11) is 0. The maximum Gasteiger partial charge on any atom is 0.447 e. The summed E-state index contributed by atoms with van der Waals surface area (Å²) >= 11 is 2.15. The maximum atomic E-state index is 12.1. The lowest BCUT2D eigenvalue weighted by molar-refractivity contribution is -0.0824. The van der Waals surface area contributed by atoms with Crippen LogP contribution in [0.25, 0.3) is 0 Å². The molecule has 3 nitrogen and oxygen atoms in total. The van der Waals surface area contributed by atoms with Crippen LogP contribution in [0.15, 0.2) is 60.7 Å². The molecule has 25 heavy (non-hydrogen) atoms. The van der Waals surface area contributed by atoms with Gasteiger partial charge in [-0.25, -0.2) is 9.74 Å². The average Bonchev–Trinajstić information content (AvgIpc) is 2.71. The second-order valence-electron chi connectivity index (χ2n) is 5.97. The van der Waals surface area contributed by atoms with Crippen molar-refractivity contribution in [1.29, 1.82) is 0 Å². The molecule has 1 heterocycles. The zero-order valence-electron chi connectivity index (χ0n) is 14.3. The molecule has 3 rings (SSSR count). The van der Waals surface area contributed by atoms with Crippen LogP contribution in [-0.4, -0.2) is 29.0 Å². The number of alkyl halides is 1. The minimum Gasteiger partial charge on any atom is -0.306 e.